The van der Waals surface area contributed by atoms with Gasteiger partial charge in [0.2, 0.25) is 0 Å². The zero-order chi connectivity index (χ0) is 29.0. The van der Waals surface area contributed by atoms with Crippen molar-refractivity contribution in [2.75, 3.05) is 37.2 Å². The van der Waals surface area contributed by atoms with E-state index in [2.05, 4.69) is 41.3 Å². The molecular weight excluding hydrogens is 597 g/mol. The minimum absolute atomic E-state index is 0.365. The standard InChI is InChI=1S/C26H21N9S3.C4H9N/c27-23-21-17(4-9-36-21)32-24(34-23)14-1-7-29-19(11-14)38-20-12-15(2-8-30-20)25-33-18-5-10-37-22(18)26(35-25)31-16-3-6-28-13-16;1-2-4-5-3-1/h1-2,4-5,7-12,16,28H,3,6,13H2,(H2,27,32,34)(H,31,33,35);5H,1-4H2. The van der Waals surface area contributed by atoms with Crippen molar-refractivity contribution in [3.05, 3.63) is 59.6 Å². The van der Waals surface area contributed by atoms with Crippen molar-refractivity contribution in [2.24, 2.45) is 0 Å². The van der Waals surface area contributed by atoms with E-state index in [4.69, 9.17) is 15.7 Å². The summed E-state index contributed by atoms with van der Waals surface area (Å²) in [4.78, 5) is 28.0. The molecule has 6 aromatic heterocycles. The smallest absolute Gasteiger partial charge is 0.162 e. The van der Waals surface area contributed by atoms with Crippen LogP contribution in [0.1, 0.15) is 19.3 Å². The van der Waals surface area contributed by atoms with Crippen LogP contribution >= 0.6 is 34.4 Å². The first kappa shape index (κ1) is 28.0. The van der Waals surface area contributed by atoms with Crippen LogP contribution in [0.25, 0.3) is 43.2 Å². The fraction of sp³-hybridized carbons (Fsp3) is 0.267. The van der Waals surface area contributed by atoms with Crippen molar-refractivity contribution in [2.45, 2.75) is 35.4 Å². The van der Waals surface area contributed by atoms with E-state index >= 15 is 0 Å². The van der Waals surface area contributed by atoms with Crippen molar-refractivity contribution in [3.8, 4) is 22.8 Å². The lowest BCUT2D eigenvalue weighted by Gasteiger charge is -2.14. The molecule has 5 N–H and O–H groups in total. The molecule has 43 heavy (non-hydrogen) atoms. The number of rotatable bonds is 6. The molecule has 2 saturated heterocycles. The van der Waals surface area contributed by atoms with Gasteiger partial charge in [-0.05, 0) is 86.1 Å². The molecule has 0 radical (unpaired) electrons. The quantitative estimate of drug-likeness (QED) is 0.181. The van der Waals surface area contributed by atoms with Crippen LogP contribution in [-0.2, 0) is 0 Å². The van der Waals surface area contributed by atoms with Gasteiger partial charge >= 0.3 is 0 Å². The summed E-state index contributed by atoms with van der Waals surface area (Å²) in [6.07, 6.45) is 7.39. The average Bonchev–Trinajstić information content (AvgIpc) is 3.86. The van der Waals surface area contributed by atoms with Crippen LogP contribution in [0.2, 0.25) is 0 Å². The molecule has 10 nitrogen and oxygen atoms in total. The second-order valence-corrected chi connectivity index (χ2v) is 13.1. The van der Waals surface area contributed by atoms with Crippen molar-refractivity contribution in [3.63, 3.8) is 0 Å². The Morgan fingerprint density at radius 2 is 1.42 bits per heavy atom. The van der Waals surface area contributed by atoms with Crippen molar-refractivity contribution in [1.82, 2.24) is 40.5 Å². The van der Waals surface area contributed by atoms with E-state index in [0.29, 0.717) is 23.5 Å². The van der Waals surface area contributed by atoms with E-state index in [1.54, 1.807) is 35.1 Å². The van der Waals surface area contributed by atoms with Gasteiger partial charge in [-0.1, -0.05) is 11.8 Å². The zero-order valence-electron chi connectivity index (χ0n) is 23.3. The summed E-state index contributed by atoms with van der Waals surface area (Å²) in [5.74, 6) is 2.62. The summed E-state index contributed by atoms with van der Waals surface area (Å²) in [6, 6.07) is 12.1. The van der Waals surface area contributed by atoms with Crippen molar-refractivity contribution < 1.29 is 0 Å². The largest absolute Gasteiger partial charge is 0.382 e. The minimum atomic E-state index is 0.365. The van der Waals surface area contributed by atoms with Gasteiger partial charge in [0.05, 0.1) is 20.4 Å². The van der Waals surface area contributed by atoms with Gasteiger partial charge in [0, 0.05) is 36.1 Å². The van der Waals surface area contributed by atoms with E-state index in [-0.39, 0.29) is 0 Å². The molecule has 0 aliphatic carbocycles. The maximum absolute atomic E-state index is 6.17. The van der Waals surface area contributed by atoms with Gasteiger partial charge in [-0.2, -0.15) is 0 Å². The Hall–Kier alpha value is -3.75. The van der Waals surface area contributed by atoms with Gasteiger partial charge in [-0.15, -0.1) is 22.7 Å². The number of anilines is 2. The van der Waals surface area contributed by atoms with Crippen LogP contribution in [0.4, 0.5) is 11.6 Å². The van der Waals surface area contributed by atoms with Crippen LogP contribution in [0.5, 0.6) is 0 Å². The van der Waals surface area contributed by atoms with Gasteiger partial charge in [0.15, 0.2) is 11.6 Å². The van der Waals surface area contributed by atoms with Crippen molar-refractivity contribution in [1.29, 1.82) is 0 Å². The SMILES string of the molecule is C1CCNC1.Nc1nc(-c2ccnc(Sc3cc(-c4nc(NC5CCNC5)c5sccc5n4)ccn3)c2)nc2ccsc12. The molecule has 218 valence electrons. The first-order valence-electron chi connectivity index (χ1n) is 14.2. The molecule has 0 spiro atoms. The van der Waals surface area contributed by atoms with Crippen LogP contribution in [0.3, 0.4) is 0 Å². The first-order chi connectivity index (χ1) is 21.2. The maximum Gasteiger partial charge on any atom is 0.162 e. The van der Waals surface area contributed by atoms with E-state index in [1.807, 2.05) is 41.8 Å². The molecule has 2 fully saturated rings. The fourth-order valence-electron chi connectivity index (χ4n) is 5.02. The number of thiophene rings is 2. The molecule has 8 heterocycles. The number of fused-ring (bicyclic) bond motifs is 2. The monoisotopic (exact) mass is 626 g/mol. The van der Waals surface area contributed by atoms with Gasteiger partial charge in [-0.25, -0.2) is 29.9 Å². The predicted octanol–water partition coefficient (Wildman–Crippen LogP) is 5.70. The van der Waals surface area contributed by atoms with E-state index in [1.165, 1.54) is 37.7 Å². The molecule has 6 aromatic rings. The Kier molecular flexibility index (Phi) is 8.39. The molecule has 13 heteroatoms. The van der Waals surface area contributed by atoms with E-state index < -0.39 is 0 Å². The van der Waals surface area contributed by atoms with Gasteiger partial charge in [0.1, 0.15) is 21.7 Å². The number of nitrogens with zero attached hydrogens (tertiary/aromatic N) is 6. The lowest BCUT2D eigenvalue weighted by atomic mass is 10.2. The number of nitrogens with one attached hydrogen (secondary N) is 3. The maximum atomic E-state index is 6.17. The number of hydrogen-bond donors (Lipinski definition) is 4. The molecule has 0 aromatic carbocycles. The minimum Gasteiger partial charge on any atom is -0.382 e. The summed E-state index contributed by atoms with van der Waals surface area (Å²) in [7, 11) is 0. The lowest BCUT2D eigenvalue weighted by Crippen LogP contribution is -2.22. The topological polar surface area (TPSA) is 139 Å². The van der Waals surface area contributed by atoms with Gasteiger partial charge < -0.3 is 21.7 Å². The van der Waals surface area contributed by atoms with Crippen LogP contribution in [0, 0.1) is 0 Å². The third-order valence-corrected chi connectivity index (χ3v) is 9.89. The fourth-order valence-corrected chi connectivity index (χ4v) is 7.35. The molecule has 0 amide bonds. The third kappa shape index (κ3) is 6.45. The summed E-state index contributed by atoms with van der Waals surface area (Å²) in [5.41, 5.74) is 9.70. The van der Waals surface area contributed by atoms with E-state index in [9.17, 15) is 0 Å². The molecule has 0 bridgehead atoms. The third-order valence-electron chi connectivity index (χ3n) is 7.19. The number of pyridine rings is 2. The van der Waals surface area contributed by atoms with Gasteiger partial charge in [-0.3, -0.25) is 0 Å². The summed E-state index contributed by atoms with van der Waals surface area (Å²) >= 11 is 4.66. The Morgan fingerprint density at radius 3 is 2.05 bits per heavy atom. The highest BCUT2D eigenvalue weighted by Crippen LogP contribution is 2.33. The summed E-state index contributed by atoms with van der Waals surface area (Å²) < 4.78 is 1.98. The number of nitrogens with two attached hydrogens (primary N) is 1. The highest BCUT2D eigenvalue weighted by atomic mass is 32.2. The summed E-state index contributed by atoms with van der Waals surface area (Å²) in [5, 5.41) is 15.8. The Morgan fingerprint density at radius 1 is 0.767 bits per heavy atom. The highest BCUT2D eigenvalue weighted by Gasteiger charge is 2.18. The molecule has 1 atom stereocenters. The van der Waals surface area contributed by atoms with Gasteiger partial charge in [0.25, 0.3) is 0 Å². The van der Waals surface area contributed by atoms with Crippen LogP contribution in [-0.4, -0.2) is 62.1 Å². The second-order valence-electron chi connectivity index (χ2n) is 10.3. The Labute approximate surface area is 261 Å². The Balaban J connectivity index is 0.000000547. The van der Waals surface area contributed by atoms with Crippen molar-refractivity contribution >= 4 is 66.5 Å². The van der Waals surface area contributed by atoms with Crippen LogP contribution < -0.4 is 21.7 Å². The number of nitrogen functional groups attached to an aromatic ring is 1. The average molecular weight is 627 g/mol. The molecule has 0 saturated carbocycles. The zero-order valence-corrected chi connectivity index (χ0v) is 25.7. The molecule has 1 unspecified atom stereocenters. The normalized spacial score (nSPS) is 16.4. The second kappa shape index (κ2) is 12.9. The van der Waals surface area contributed by atoms with Crippen LogP contribution in [0.15, 0.2) is 69.6 Å². The number of hydrogen-bond acceptors (Lipinski definition) is 13. The lowest BCUT2D eigenvalue weighted by molar-refractivity contribution is 0.789. The highest BCUT2D eigenvalue weighted by molar-refractivity contribution is 7.99. The Bertz CT molecular complexity index is 1850. The molecule has 8 rings (SSSR count). The molecule has 2 aliphatic heterocycles. The number of aromatic nitrogens is 6. The molecule has 2 aliphatic rings. The predicted molar refractivity (Wildman–Crippen MR) is 177 cm³/mol. The summed E-state index contributed by atoms with van der Waals surface area (Å²) in [6.45, 7) is 4.46. The van der Waals surface area contributed by atoms with E-state index in [0.717, 1.165) is 66.9 Å². The first-order valence-corrected chi connectivity index (χ1v) is 16.8. The molecular formula is C30H30N10S3.